The molecular formula is C28H31F2N3O3. The third-order valence-electron chi connectivity index (χ3n) is 6.24. The second-order valence-electron chi connectivity index (χ2n) is 8.94. The molecule has 3 N–H and O–H groups in total. The number of hydrogen-bond donors (Lipinski definition) is 3. The van der Waals surface area contributed by atoms with Crippen LogP contribution in [0.2, 0.25) is 0 Å². The number of piperidine rings is 1. The maximum absolute atomic E-state index is 13.8. The van der Waals surface area contributed by atoms with Crippen LogP contribution < -0.4 is 15.4 Å². The van der Waals surface area contributed by atoms with Gasteiger partial charge < -0.3 is 20.5 Å². The molecule has 3 aromatic rings. The lowest BCUT2D eigenvalue weighted by atomic mass is 10.0. The molecule has 36 heavy (non-hydrogen) atoms. The van der Waals surface area contributed by atoms with Gasteiger partial charge in [0, 0.05) is 24.7 Å². The summed E-state index contributed by atoms with van der Waals surface area (Å²) in [7, 11) is 0. The van der Waals surface area contributed by atoms with Crippen LogP contribution in [0, 0.1) is 11.6 Å². The van der Waals surface area contributed by atoms with Gasteiger partial charge in [0.05, 0.1) is 5.69 Å². The molecule has 1 atom stereocenters. The maximum atomic E-state index is 13.8. The first kappa shape index (κ1) is 25.8. The summed E-state index contributed by atoms with van der Waals surface area (Å²) in [5.74, 6) is -1.56. The fourth-order valence-electron chi connectivity index (χ4n) is 4.38. The number of carbonyl (C=O) groups is 1. The van der Waals surface area contributed by atoms with Crippen molar-refractivity contribution in [2.45, 2.75) is 31.5 Å². The zero-order chi connectivity index (χ0) is 25.3. The molecule has 1 saturated heterocycles. The van der Waals surface area contributed by atoms with Crippen LogP contribution in [0.15, 0.2) is 72.8 Å². The largest absolute Gasteiger partial charge is 0.489 e. The molecule has 1 unspecified atom stereocenters. The van der Waals surface area contributed by atoms with E-state index in [9.17, 15) is 18.7 Å². The summed E-state index contributed by atoms with van der Waals surface area (Å²) in [4.78, 5) is 14.7. The molecule has 4 rings (SSSR count). The molecule has 6 nitrogen and oxygen atoms in total. The highest BCUT2D eigenvalue weighted by atomic mass is 19.2. The van der Waals surface area contributed by atoms with Crippen molar-refractivity contribution in [1.82, 2.24) is 10.2 Å². The van der Waals surface area contributed by atoms with Gasteiger partial charge in [0.2, 0.25) is 0 Å². The molecule has 3 aromatic carbocycles. The molecule has 1 aliphatic rings. The molecule has 1 fully saturated rings. The topological polar surface area (TPSA) is 73.8 Å². The van der Waals surface area contributed by atoms with Crippen LogP contribution in [0.3, 0.4) is 0 Å². The van der Waals surface area contributed by atoms with Crippen LogP contribution in [0.1, 0.15) is 28.8 Å². The molecule has 0 radical (unpaired) electrons. The van der Waals surface area contributed by atoms with E-state index in [4.69, 9.17) is 4.74 Å². The Hall–Kier alpha value is -3.33. The van der Waals surface area contributed by atoms with Crippen molar-refractivity contribution >= 4 is 11.6 Å². The Labute approximate surface area is 209 Å². The first-order valence-electron chi connectivity index (χ1n) is 12.1. The van der Waals surface area contributed by atoms with Gasteiger partial charge >= 0.3 is 0 Å². The van der Waals surface area contributed by atoms with E-state index in [0.717, 1.165) is 32.0 Å². The minimum atomic E-state index is -0.879. The van der Waals surface area contributed by atoms with Crippen LogP contribution in [0.25, 0.3) is 0 Å². The second-order valence-corrected chi connectivity index (χ2v) is 8.94. The van der Waals surface area contributed by atoms with E-state index < -0.39 is 17.7 Å². The Balaban J connectivity index is 1.39. The van der Waals surface area contributed by atoms with Gasteiger partial charge in [-0.3, -0.25) is 9.69 Å². The van der Waals surface area contributed by atoms with Crippen LogP contribution in [0.5, 0.6) is 5.75 Å². The zero-order valence-corrected chi connectivity index (χ0v) is 20.0. The van der Waals surface area contributed by atoms with Crippen molar-refractivity contribution in [2.24, 2.45) is 0 Å². The van der Waals surface area contributed by atoms with E-state index in [2.05, 4.69) is 15.5 Å². The van der Waals surface area contributed by atoms with Gasteiger partial charge in [-0.2, -0.15) is 0 Å². The van der Waals surface area contributed by atoms with E-state index in [0.29, 0.717) is 35.7 Å². The highest BCUT2D eigenvalue weighted by Crippen LogP contribution is 2.25. The number of para-hydroxylation sites is 2. The highest BCUT2D eigenvalue weighted by molar-refractivity contribution is 6.04. The standard InChI is InChI=1S/C28H31F2N3O3/c29-24-11-10-20(16-25(24)30)17-33(22-12-14-31-15-13-22)18-23(34)19-36-27-9-5-4-8-26(27)32-28(35)21-6-2-1-3-7-21/h1-11,16,22-23,31,34H,12-15,17-19H2,(H,32,35). The van der Waals surface area contributed by atoms with E-state index in [1.807, 2.05) is 6.07 Å². The Bertz CT molecular complexity index is 1140. The Morgan fingerprint density at radius 1 is 1.03 bits per heavy atom. The molecule has 0 spiro atoms. The van der Waals surface area contributed by atoms with Gasteiger partial charge in [0.25, 0.3) is 5.91 Å². The molecule has 0 aliphatic carbocycles. The van der Waals surface area contributed by atoms with E-state index in [-0.39, 0.29) is 18.6 Å². The van der Waals surface area contributed by atoms with Crippen molar-refractivity contribution in [2.75, 3.05) is 31.6 Å². The van der Waals surface area contributed by atoms with E-state index in [1.165, 1.54) is 6.07 Å². The van der Waals surface area contributed by atoms with E-state index >= 15 is 0 Å². The molecular weight excluding hydrogens is 464 g/mol. The molecule has 0 saturated carbocycles. The number of amides is 1. The molecule has 0 aromatic heterocycles. The summed E-state index contributed by atoms with van der Waals surface area (Å²) in [6.07, 6.45) is 0.958. The van der Waals surface area contributed by atoms with Crippen molar-refractivity contribution in [3.63, 3.8) is 0 Å². The molecule has 1 aliphatic heterocycles. The first-order chi connectivity index (χ1) is 17.5. The van der Waals surface area contributed by atoms with Crippen molar-refractivity contribution < 1.29 is 23.4 Å². The normalized spacial score (nSPS) is 15.0. The summed E-state index contributed by atoms with van der Waals surface area (Å²) < 4.78 is 33.1. The average molecular weight is 496 g/mol. The van der Waals surface area contributed by atoms with E-state index in [1.54, 1.807) is 54.6 Å². The summed E-state index contributed by atoms with van der Waals surface area (Å²) >= 11 is 0. The molecule has 190 valence electrons. The van der Waals surface area contributed by atoms with Gasteiger partial charge in [-0.1, -0.05) is 36.4 Å². The minimum absolute atomic E-state index is 0.0114. The summed E-state index contributed by atoms with van der Waals surface area (Å²) in [6, 6.07) is 20.1. The molecule has 1 amide bonds. The molecule has 8 heteroatoms. The Morgan fingerprint density at radius 3 is 2.50 bits per heavy atom. The number of benzene rings is 3. The number of aliphatic hydroxyl groups is 1. The van der Waals surface area contributed by atoms with Crippen LogP contribution >= 0.6 is 0 Å². The number of halogens is 2. The quantitative estimate of drug-likeness (QED) is 0.393. The van der Waals surface area contributed by atoms with Crippen LogP contribution in [0.4, 0.5) is 14.5 Å². The summed E-state index contributed by atoms with van der Waals surface area (Å²) in [5, 5.41) is 17.0. The molecule has 1 heterocycles. The smallest absolute Gasteiger partial charge is 0.255 e. The lowest BCUT2D eigenvalue weighted by Crippen LogP contribution is -2.46. The van der Waals surface area contributed by atoms with Gasteiger partial charge in [0.1, 0.15) is 18.5 Å². The number of anilines is 1. The lowest BCUT2D eigenvalue weighted by Gasteiger charge is -2.36. The monoisotopic (exact) mass is 495 g/mol. The number of nitrogens with one attached hydrogen (secondary N) is 2. The number of hydrogen-bond acceptors (Lipinski definition) is 5. The maximum Gasteiger partial charge on any atom is 0.255 e. The Kier molecular flexibility index (Phi) is 9.00. The van der Waals surface area contributed by atoms with Gasteiger partial charge in [-0.25, -0.2) is 8.78 Å². The third-order valence-corrected chi connectivity index (χ3v) is 6.24. The Morgan fingerprint density at radius 2 is 1.75 bits per heavy atom. The van der Waals surface area contributed by atoms with Gasteiger partial charge in [0.15, 0.2) is 11.6 Å². The predicted octanol–water partition coefficient (Wildman–Crippen LogP) is 4.21. The number of ether oxygens (including phenoxy) is 1. The minimum Gasteiger partial charge on any atom is -0.489 e. The number of carbonyl (C=O) groups excluding carboxylic acids is 1. The van der Waals surface area contributed by atoms with Gasteiger partial charge in [-0.05, 0) is 67.9 Å². The fraction of sp³-hybridized carbons (Fsp3) is 0.321. The fourth-order valence-corrected chi connectivity index (χ4v) is 4.38. The molecule has 0 bridgehead atoms. The number of nitrogens with zero attached hydrogens (tertiary/aromatic N) is 1. The SMILES string of the molecule is O=C(Nc1ccccc1OCC(O)CN(Cc1ccc(F)c(F)c1)C1CCNCC1)c1ccccc1. The van der Waals surface area contributed by atoms with Crippen molar-refractivity contribution in [3.8, 4) is 5.75 Å². The summed E-state index contributed by atoms with van der Waals surface area (Å²) in [6.45, 7) is 2.43. The van der Waals surface area contributed by atoms with Gasteiger partial charge in [-0.15, -0.1) is 0 Å². The number of aliphatic hydroxyl groups excluding tert-OH is 1. The summed E-state index contributed by atoms with van der Waals surface area (Å²) in [5.41, 5.74) is 1.69. The van der Waals surface area contributed by atoms with Crippen molar-refractivity contribution in [1.29, 1.82) is 0 Å². The lowest BCUT2D eigenvalue weighted by molar-refractivity contribution is 0.0415. The number of rotatable bonds is 10. The van der Waals surface area contributed by atoms with Crippen LogP contribution in [-0.4, -0.2) is 54.3 Å². The highest BCUT2D eigenvalue weighted by Gasteiger charge is 2.24. The predicted molar refractivity (Wildman–Crippen MR) is 135 cm³/mol. The van der Waals surface area contributed by atoms with Crippen LogP contribution in [-0.2, 0) is 6.54 Å². The third kappa shape index (κ3) is 7.10. The second kappa shape index (κ2) is 12.6. The average Bonchev–Trinajstić information content (AvgIpc) is 2.91. The first-order valence-corrected chi connectivity index (χ1v) is 12.1. The van der Waals surface area contributed by atoms with Crippen molar-refractivity contribution in [3.05, 3.63) is 95.6 Å². The zero-order valence-electron chi connectivity index (χ0n) is 20.0.